The highest BCUT2D eigenvalue weighted by atomic mass is 35.5. The normalized spacial score (nSPS) is 10.4. The number of pyridine rings is 4. The van der Waals surface area contributed by atoms with E-state index in [-0.39, 0.29) is 10.6 Å². The summed E-state index contributed by atoms with van der Waals surface area (Å²) in [5.74, 6) is 2.50. The SMILES string of the molecule is Clc1cc(-c2ccccc2)nc(-c2ccccc2)n1.Clc1cc(-c2ccccn2)nc(-c2ccccn2)c1.Clc1cc2ccccc2c2ccccc12.Clc1ccnc(-c2ccccc2)c1.Clc1cnc(-c2ccccc2)nc1-c1ccccc1.Clc1nc(-c2ccccc2)cc(-c2ccccc2)n1.Clc1nc(-c2ccccc2)nc(-c2ccccc2)n1. The Morgan fingerprint density at radius 3 is 0.984 bits per heavy atom. The van der Waals surface area contributed by atoms with Crippen LogP contribution in [0, 0.1) is 0 Å². The smallest absolute Gasteiger partial charge is 0.226 e. The third-order valence-electron chi connectivity index (χ3n) is 18.3. The lowest BCUT2D eigenvalue weighted by atomic mass is 10.0. The van der Waals surface area contributed by atoms with Gasteiger partial charge < -0.3 is 0 Å². The molecule has 0 bridgehead atoms. The molecule has 596 valence electrons. The van der Waals surface area contributed by atoms with Crippen LogP contribution in [0.2, 0.25) is 35.8 Å². The molecule has 20 aromatic rings. The van der Waals surface area contributed by atoms with E-state index in [2.05, 4.69) is 95.1 Å². The Balaban J connectivity index is 0.000000117. The van der Waals surface area contributed by atoms with Crippen LogP contribution in [0.5, 0.6) is 0 Å². The van der Waals surface area contributed by atoms with Gasteiger partial charge in [-0.1, -0.05) is 392 Å². The highest BCUT2D eigenvalue weighted by molar-refractivity contribution is 6.37. The minimum atomic E-state index is 0.202. The van der Waals surface area contributed by atoms with Crippen molar-refractivity contribution in [3.05, 3.63) is 461 Å². The van der Waals surface area contributed by atoms with Gasteiger partial charge in [0.25, 0.3) is 0 Å². The highest BCUT2D eigenvalue weighted by Crippen LogP contribution is 2.34. The molecule has 123 heavy (non-hydrogen) atoms. The van der Waals surface area contributed by atoms with E-state index in [9.17, 15) is 0 Å². The number of benzene rings is 12. The zero-order chi connectivity index (χ0) is 84.7. The van der Waals surface area contributed by atoms with Crippen LogP contribution >= 0.6 is 81.2 Å². The van der Waals surface area contributed by atoms with E-state index < -0.39 is 0 Å². The lowest BCUT2D eigenvalue weighted by Crippen LogP contribution is -1.96. The zero-order valence-electron chi connectivity index (χ0n) is 65.4. The van der Waals surface area contributed by atoms with Crippen molar-refractivity contribution >= 4 is 103 Å². The van der Waals surface area contributed by atoms with Gasteiger partial charge in [-0.05, 0) is 100 Å². The van der Waals surface area contributed by atoms with Gasteiger partial charge in [-0.15, -0.1) is 0 Å². The first-order chi connectivity index (χ1) is 60.4. The molecule has 0 fully saturated rings. The van der Waals surface area contributed by atoms with E-state index in [1.807, 2.05) is 346 Å². The third-order valence-corrected chi connectivity index (χ3v) is 19.9. The summed E-state index contributed by atoms with van der Waals surface area (Å²) in [6.07, 6.45) is 6.83. The molecule has 0 saturated heterocycles. The minimum Gasteiger partial charge on any atom is -0.256 e. The Bertz CT molecular complexity index is 6020. The number of rotatable bonds is 11. The van der Waals surface area contributed by atoms with Gasteiger partial charge in [0.05, 0.1) is 62.5 Å². The lowest BCUT2D eigenvalue weighted by Gasteiger charge is -2.06. The second kappa shape index (κ2) is 43.8. The summed E-state index contributed by atoms with van der Waals surface area (Å²) in [5.41, 5.74) is 16.2. The van der Waals surface area contributed by atoms with Crippen molar-refractivity contribution in [2.75, 3.05) is 0 Å². The minimum absolute atomic E-state index is 0.202. The van der Waals surface area contributed by atoms with Crippen molar-refractivity contribution in [2.24, 2.45) is 0 Å². The molecule has 8 aromatic heterocycles. The van der Waals surface area contributed by atoms with Crippen LogP contribution < -0.4 is 0 Å². The Morgan fingerprint density at radius 2 is 0.537 bits per heavy atom. The Labute approximate surface area is 747 Å². The second-order valence-electron chi connectivity index (χ2n) is 26.7. The van der Waals surface area contributed by atoms with Gasteiger partial charge in [-0.25, -0.2) is 39.9 Å². The summed E-state index contributed by atoms with van der Waals surface area (Å²) in [6, 6.07) is 130. The molecular weight excluding hydrogens is 1670 g/mol. The standard InChI is InChI=1S/3C16H11ClN2.2C15H10ClN3.C14H9Cl.C11H8ClN/c17-14-11-18-16(13-9-5-2-6-10-13)19-15(14)12-7-3-1-4-8-12;17-15-11-14(12-7-3-1-4-8-12)18-16(19-15)13-9-5-2-6-10-13;17-16-18-14(12-7-3-1-4-8-12)11-15(19-16)13-9-5-2-6-10-13;16-11-9-14(12-5-1-3-7-17-12)19-15(10-11)13-6-2-4-8-18-13;16-15-18-13(11-7-3-1-4-8-11)17-14(19-15)12-9-5-2-6-10-12;15-14-9-10-5-1-2-6-11(10)12-7-3-4-8-13(12)14;12-10-6-7-13-11(8-10)9-4-2-1-3-5-9/h3*1-11H;2*1-10H;1-9H;1-8H. The van der Waals surface area contributed by atoms with Crippen LogP contribution in [-0.2, 0) is 0 Å². The van der Waals surface area contributed by atoms with E-state index in [0.717, 1.165) is 112 Å². The van der Waals surface area contributed by atoms with Crippen molar-refractivity contribution in [1.82, 2.24) is 64.8 Å². The molecule has 0 N–H and O–H groups in total. The predicted octanol–water partition coefficient (Wildman–Crippen LogP) is 29.2. The van der Waals surface area contributed by atoms with Crippen LogP contribution in [0.3, 0.4) is 0 Å². The summed E-state index contributed by atoms with van der Waals surface area (Å²) in [5, 5.41) is 8.44. The van der Waals surface area contributed by atoms with Crippen LogP contribution in [-0.4, -0.2) is 64.8 Å². The molecule has 0 aliphatic carbocycles. The van der Waals surface area contributed by atoms with E-state index in [1.54, 1.807) is 49.1 Å². The Kier molecular flexibility index (Phi) is 30.5. The number of hydrogen-bond donors (Lipinski definition) is 0. The van der Waals surface area contributed by atoms with E-state index in [4.69, 9.17) is 81.2 Å². The van der Waals surface area contributed by atoms with Crippen molar-refractivity contribution in [2.45, 2.75) is 0 Å². The lowest BCUT2D eigenvalue weighted by molar-refractivity contribution is 1.07. The number of halogens is 7. The molecule has 13 nitrogen and oxygen atoms in total. The van der Waals surface area contributed by atoms with E-state index in [1.165, 1.54) is 16.2 Å². The van der Waals surface area contributed by atoms with E-state index in [0.29, 0.717) is 43.5 Å². The molecule has 12 aromatic carbocycles. The third kappa shape index (κ3) is 24.4. The van der Waals surface area contributed by atoms with Gasteiger partial charge in [0, 0.05) is 95.2 Å². The molecule has 0 aliphatic heterocycles. The fourth-order valence-corrected chi connectivity index (χ4v) is 13.8. The summed E-state index contributed by atoms with van der Waals surface area (Å²) < 4.78 is 0. The predicted molar refractivity (Wildman–Crippen MR) is 506 cm³/mol. The fourth-order valence-electron chi connectivity index (χ4n) is 12.5. The molecule has 0 unspecified atom stereocenters. The summed E-state index contributed by atoms with van der Waals surface area (Å²) in [4.78, 5) is 56.5. The highest BCUT2D eigenvalue weighted by Gasteiger charge is 2.15. The molecule has 20 rings (SSSR count). The summed E-state index contributed by atoms with van der Waals surface area (Å²) >= 11 is 42.6. The van der Waals surface area contributed by atoms with Crippen LogP contribution in [0.15, 0.2) is 425 Å². The molecule has 20 heteroatoms. The van der Waals surface area contributed by atoms with Crippen molar-refractivity contribution in [3.8, 4) is 125 Å². The number of hydrogen-bond acceptors (Lipinski definition) is 13. The first-order valence-electron chi connectivity index (χ1n) is 38.6. The molecule has 0 aliphatic rings. The Morgan fingerprint density at radius 1 is 0.179 bits per heavy atom. The Hall–Kier alpha value is -14.0. The zero-order valence-corrected chi connectivity index (χ0v) is 70.7. The second-order valence-corrected chi connectivity index (χ2v) is 29.5. The molecule has 0 saturated carbocycles. The van der Waals surface area contributed by atoms with Crippen molar-refractivity contribution in [3.63, 3.8) is 0 Å². The van der Waals surface area contributed by atoms with Gasteiger partial charge in [0.1, 0.15) is 5.15 Å². The molecule has 0 atom stereocenters. The number of aromatic nitrogens is 13. The van der Waals surface area contributed by atoms with E-state index >= 15 is 0 Å². The average molecular weight is 1740 g/mol. The maximum Gasteiger partial charge on any atom is 0.226 e. The quantitative estimate of drug-likeness (QED) is 0.0682. The monoisotopic (exact) mass is 1730 g/mol. The largest absolute Gasteiger partial charge is 0.256 e. The van der Waals surface area contributed by atoms with Gasteiger partial charge in [-0.3, -0.25) is 15.0 Å². The molecule has 0 radical (unpaired) electrons. The molecular formula is C103H70Cl7N13. The van der Waals surface area contributed by atoms with Gasteiger partial charge >= 0.3 is 0 Å². The molecule has 8 heterocycles. The average Bonchev–Trinajstić information content (AvgIpc) is 0.786. The maximum atomic E-state index is 6.24. The number of fused-ring (bicyclic) bond motifs is 3. The van der Waals surface area contributed by atoms with Gasteiger partial charge in [-0.2, -0.15) is 9.97 Å². The topological polar surface area (TPSA) is 168 Å². The first kappa shape index (κ1) is 85.5. The van der Waals surface area contributed by atoms with Gasteiger partial charge in [0.15, 0.2) is 23.3 Å². The van der Waals surface area contributed by atoms with Crippen LogP contribution in [0.4, 0.5) is 0 Å². The summed E-state index contributed by atoms with van der Waals surface area (Å²) in [7, 11) is 0. The van der Waals surface area contributed by atoms with Crippen LogP contribution in [0.25, 0.3) is 146 Å². The molecule has 0 spiro atoms. The molecule has 0 amide bonds. The fraction of sp³-hybridized carbons (Fsp3) is 0. The van der Waals surface area contributed by atoms with Crippen molar-refractivity contribution < 1.29 is 0 Å². The van der Waals surface area contributed by atoms with Gasteiger partial charge in [0.2, 0.25) is 10.6 Å². The first-order valence-corrected chi connectivity index (χ1v) is 41.2. The van der Waals surface area contributed by atoms with Crippen molar-refractivity contribution in [1.29, 1.82) is 0 Å². The maximum absolute atomic E-state index is 6.24. The number of nitrogens with zero attached hydrogens (tertiary/aromatic N) is 13. The van der Waals surface area contributed by atoms with Crippen LogP contribution in [0.1, 0.15) is 0 Å². The summed E-state index contributed by atoms with van der Waals surface area (Å²) in [6.45, 7) is 0.